The predicted molar refractivity (Wildman–Crippen MR) is 114 cm³/mol. The van der Waals surface area contributed by atoms with Crippen molar-refractivity contribution in [2.24, 2.45) is 34.5 Å². The van der Waals surface area contributed by atoms with Crippen LogP contribution in [0.2, 0.25) is 0 Å². The molecule has 1 unspecified atom stereocenters. The Hall–Kier alpha value is -1.79. The summed E-state index contributed by atoms with van der Waals surface area (Å²) in [5, 5.41) is 21.2. The quantitative estimate of drug-likeness (QED) is 0.525. The number of ether oxygens (including phenoxy) is 1. The molecule has 0 spiro atoms. The average molecular weight is 431 g/mol. The number of aliphatic hydroxyl groups excluding tert-OH is 2. The zero-order chi connectivity index (χ0) is 22.8. The Labute approximate surface area is 183 Å². The molecule has 0 saturated heterocycles. The fraction of sp³-hybridized carbons (Fsp3) is 0.720. The van der Waals surface area contributed by atoms with Crippen molar-refractivity contribution in [3.63, 3.8) is 0 Å². The van der Waals surface area contributed by atoms with E-state index in [1.807, 2.05) is 13.0 Å². The SMILES string of the molecule is C=CC(=O)O[C@@]1(C(=O)CO)CC[C@H]2[C@@H]3CC(C)C4=CC(=O)CC[C@]4(C)[C@H]3[C@@H](O)C[C@@]21C. The van der Waals surface area contributed by atoms with E-state index in [0.29, 0.717) is 25.7 Å². The van der Waals surface area contributed by atoms with E-state index in [9.17, 15) is 24.6 Å². The molecule has 4 aliphatic carbocycles. The Morgan fingerprint density at radius 1 is 1.32 bits per heavy atom. The highest BCUT2D eigenvalue weighted by molar-refractivity contribution is 5.94. The Morgan fingerprint density at radius 2 is 2.03 bits per heavy atom. The summed E-state index contributed by atoms with van der Waals surface area (Å²) in [5.41, 5.74) is -1.32. The van der Waals surface area contributed by atoms with Gasteiger partial charge in [0.05, 0.1) is 6.10 Å². The molecule has 6 nitrogen and oxygen atoms in total. The first-order chi connectivity index (χ1) is 14.5. The molecule has 0 aliphatic heterocycles. The molecule has 0 aromatic heterocycles. The molecule has 170 valence electrons. The van der Waals surface area contributed by atoms with E-state index < -0.39 is 35.5 Å². The summed E-state index contributed by atoms with van der Waals surface area (Å²) >= 11 is 0. The molecule has 0 radical (unpaired) electrons. The first-order valence-corrected chi connectivity index (χ1v) is 11.5. The van der Waals surface area contributed by atoms with Crippen LogP contribution >= 0.6 is 0 Å². The first kappa shape index (κ1) is 22.4. The Bertz CT molecular complexity index is 860. The van der Waals surface area contributed by atoms with E-state index >= 15 is 0 Å². The first-order valence-electron chi connectivity index (χ1n) is 11.5. The lowest BCUT2D eigenvalue weighted by atomic mass is 9.44. The Kier molecular flexibility index (Phi) is 5.33. The molecule has 0 aromatic rings. The number of Topliss-reactive ketones (excluding diaryl/α,β-unsaturated/α-hetero) is 1. The number of ketones is 2. The van der Waals surface area contributed by atoms with Gasteiger partial charge in [-0.05, 0) is 67.3 Å². The summed E-state index contributed by atoms with van der Waals surface area (Å²) in [6, 6.07) is 0. The van der Waals surface area contributed by atoms with Gasteiger partial charge in [-0.25, -0.2) is 4.79 Å². The van der Waals surface area contributed by atoms with Gasteiger partial charge in [-0.2, -0.15) is 0 Å². The standard InChI is InChI=1S/C25H34O6/c1-5-21(30)31-25(20(29)13-26)9-7-17-16-10-14(2)18-11-15(27)6-8-23(18,3)22(16)19(28)12-24(17,25)4/h5,11,14,16-17,19,22,26,28H,1,6-10,12-13H2,2-4H3/t14?,16-,17-,19-,22+,23-,24-,25+/m0/s1. The third kappa shape index (κ3) is 2.94. The lowest BCUT2D eigenvalue weighted by Gasteiger charge is -2.62. The van der Waals surface area contributed by atoms with Gasteiger partial charge in [-0.15, -0.1) is 0 Å². The highest BCUT2D eigenvalue weighted by Gasteiger charge is 2.70. The third-order valence-corrected chi connectivity index (χ3v) is 9.37. The van der Waals surface area contributed by atoms with Crippen LogP contribution in [0, 0.1) is 34.5 Å². The number of carbonyl (C=O) groups excluding carboxylic acids is 3. The van der Waals surface area contributed by atoms with E-state index in [-0.39, 0.29) is 34.9 Å². The number of fused-ring (bicyclic) bond motifs is 5. The minimum Gasteiger partial charge on any atom is -0.447 e. The molecule has 6 heteroatoms. The molecule has 0 heterocycles. The summed E-state index contributed by atoms with van der Waals surface area (Å²) in [7, 11) is 0. The second-order valence-electron chi connectivity index (χ2n) is 10.7. The van der Waals surface area contributed by atoms with Crippen LogP contribution in [0.1, 0.15) is 59.3 Å². The number of aliphatic hydroxyl groups is 2. The van der Waals surface area contributed by atoms with Gasteiger partial charge in [-0.1, -0.05) is 32.9 Å². The topological polar surface area (TPSA) is 101 Å². The van der Waals surface area contributed by atoms with E-state index in [4.69, 9.17) is 4.74 Å². The lowest BCUT2D eigenvalue weighted by molar-refractivity contribution is -0.200. The van der Waals surface area contributed by atoms with Crippen LogP contribution in [-0.4, -0.2) is 46.1 Å². The van der Waals surface area contributed by atoms with Crippen LogP contribution in [0.15, 0.2) is 24.3 Å². The molecule has 2 N–H and O–H groups in total. The van der Waals surface area contributed by atoms with E-state index in [1.54, 1.807) is 0 Å². The van der Waals surface area contributed by atoms with Crippen molar-refractivity contribution in [2.75, 3.05) is 6.61 Å². The van der Waals surface area contributed by atoms with Crippen LogP contribution in [0.25, 0.3) is 0 Å². The Balaban J connectivity index is 1.79. The summed E-state index contributed by atoms with van der Waals surface area (Å²) in [4.78, 5) is 37.4. The van der Waals surface area contributed by atoms with Gasteiger partial charge in [-0.3, -0.25) is 9.59 Å². The van der Waals surface area contributed by atoms with Gasteiger partial charge < -0.3 is 14.9 Å². The van der Waals surface area contributed by atoms with Crippen LogP contribution in [0.5, 0.6) is 0 Å². The van der Waals surface area contributed by atoms with Gasteiger partial charge in [0.25, 0.3) is 0 Å². The predicted octanol–water partition coefficient (Wildman–Crippen LogP) is 2.76. The van der Waals surface area contributed by atoms with Crippen LogP contribution < -0.4 is 0 Å². The van der Waals surface area contributed by atoms with Crippen molar-refractivity contribution in [3.8, 4) is 0 Å². The van der Waals surface area contributed by atoms with Crippen LogP contribution in [0.3, 0.4) is 0 Å². The van der Waals surface area contributed by atoms with Gasteiger partial charge >= 0.3 is 5.97 Å². The average Bonchev–Trinajstić information content (AvgIpc) is 3.01. The second kappa shape index (κ2) is 7.38. The van der Waals surface area contributed by atoms with Crippen LogP contribution in [0.4, 0.5) is 0 Å². The van der Waals surface area contributed by atoms with E-state index in [2.05, 4.69) is 20.4 Å². The fourth-order valence-corrected chi connectivity index (χ4v) is 8.13. The second-order valence-corrected chi connectivity index (χ2v) is 10.7. The molecule has 0 amide bonds. The lowest BCUT2D eigenvalue weighted by Crippen LogP contribution is -2.63. The molecular formula is C25H34O6. The third-order valence-electron chi connectivity index (χ3n) is 9.37. The molecule has 31 heavy (non-hydrogen) atoms. The minimum absolute atomic E-state index is 0.00346. The van der Waals surface area contributed by atoms with E-state index in [1.165, 1.54) is 0 Å². The van der Waals surface area contributed by atoms with Gasteiger partial charge in [0.1, 0.15) is 6.61 Å². The van der Waals surface area contributed by atoms with Crippen molar-refractivity contribution < 1.29 is 29.3 Å². The van der Waals surface area contributed by atoms with Crippen molar-refractivity contribution in [1.29, 1.82) is 0 Å². The monoisotopic (exact) mass is 430 g/mol. The molecule has 8 atom stereocenters. The maximum Gasteiger partial charge on any atom is 0.331 e. The number of esters is 1. The van der Waals surface area contributed by atoms with Crippen molar-refractivity contribution in [2.45, 2.75) is 71.0 Å². The number of hydrogen-bond donors (Lipinski definition) is 2. The molecule has 4 rings (SSSR count). The highest BCUT2D eigenvalue weighted by Crippen LogP contribution is 2.69. The summed E-state index contributed by atoms with van der Waals surface area (Å²) in [6.45, 7) is 9.03. The number of hydrogen-bond acceptors (Lipinski definition) is 6. The molecule has 0 bridgehead atoms. The van der Waals surface area contributed by atoms with Gasteiger partial charge in [0, 0.05) is 17.9 Å². The summed E-state index contributed by atoms with van der Waals surface area (Å²) < 4.78 is 5.74. The zero-order valence-corrected chi connectivity index (χ0v) is 18.7. The van der Waals surface area contributed by atoms with Crippen molar-refractivity contribution in [3.05, 3.63) is 24.3 Å². The van der Waals surface area contributed by atoms with Gasteiger partial charge in [0.15, 0.2) is 11.4 Å². The van der Waals surface area contributed by atoms with E-state index in [0.717, 1.165) is 24.5 Å². The molecule has 3 fully saturated rings. The van der Waals surface area contributed by atoms with Crippen LogP contribution in [-0.2, 0) is 19.1 Å². The number of rotatable bonds is 4. The maximum absolute atomic E-state index is 13.0. The maximum atomic E-state index is 13.0. The molecular weight excluding hydrogens is 396 g/mol. The largest absolute Gasteiger partial charge is 0.447 e. The normalized spacial score (nSPS) is 46.3. The molecule has 4 aliphatic rings. The number of allylic oxidation sites excluding steroid dienone is 1. The fourth-order valence-electron chi connectivity index (χ4n) is 8.13. The van der Waals surface area contributed by atoms with Crippen molar-refractivity contribution in [1.82, 2.24) is 0 Å². The summed E-state index contributed by atoms with van der Waals surface area (Å²) in [6.07, 6.45) is 5.58. The highest BCUT2D eigenvalue weighted by atomic mass is 16.6. The van der Waals surface area contributed by atoms with Gasteiger partial charge in [0.2, 0.25) is 5.78 Å². The van der Waals surface area contributed by atoms with Crippen molar-refractivity contribution >= 4 is 17.5 Å². The smallest absolute Gasteiger partial charge is 0.331 e. The summed E-state index contributed by atoms with van der Waals surface area (Å²) in [5.74, 6) is -0.585. The number of carbonyl (C=O) groups is 3. The molecule has 3 saturated carbocycles. The zero-order valence-electron chi connectivity index (χ0n) is 18.7. The minimum atomic E-state index is -1.45. The Morgan fingerprint density at radius 3 is 2.68 bits per heavy atom. The molecule has 0 aromatic carbocycles.